The Labute approximate surface area is 183 Å². The van der Waals surface area contributed by atoms with Gasteiger partial charge in [-0.05, 0) is 42.0 Å². The van der Waals surface area contributed by atoms with Gasteiger partial charge in [-0.25, -0.2) is 9.97 Å². The van der Waals surface area contributed by atoms with Crippen molar-refractivity contribution in [2.24, 2.45) is 0 Å². The highest BCUT2D eigenvalue weighted by Crippen LogP contribution is 2.36. The first kappa shape index (κ1) is 21.3. The smallest absolute Gasteiger partial charge is 0.417 e. The number of fused-ring (bicyclic) bond motifs is 1. The number of alkyl halides is 3. The van der Waals surface area contributed by atoms with E-state index in [0.29, 0.717) is 22.5 Å². The predicted molar refractivity (Wildman–Crippen MR) is 112 cm³/mol. The average Bonchev–Trinajstić information content (AvgIpc) is 3.23. The molecule has 0 radical (unpaired) electrons. The van der Waals surface area contributed by atoms with Crippen molar-refractivity contribution >= 4 is 40.4 Å². The fourth-order valence-corrected chi connectivity index (χ4v) is 3.01. The van der Waals surface area contributed by atoms with Gasteiger partial charge in [-0.2, -0.15) is 18.2 Å². The van der Waals surface area contributed by atoms with E-state index in [4.69, 9.17) is 16.3 Å². The van der Waals surface area contributed by atoms with Gasteiger partial charge in [0.25, 0.3) is 5.88 Å². The molecular weight excluding hydrogens is 447 g/mol. The number of hydrogen-bond donors (Lipinski definition) is 2. The Morgan fingerprint density at radius 1 is 1.12 bits per heavy atom. The van der Waals surface area contributed by atoms with E-state index in [0.717, 1.165) is 12.1 Å². The number of nitrogens with zero attached hydrogens (tertiary/aromatic N) is 3. The lowest BCUT2D eigenvalue weighted by atomic mass is 10.2. The normalized spacial score (nSPS) is 11.8. The lowest BCUT2D eigenvalue weighted by molar-refractivity contribution is -0.137. The maximum atomic E-state index is 13.0. The minimum Gasteiger partial charge on any atom is -0.437 e. The Hall–Kier alpha value is -3.92. The number of carbonyl (C=O) groups excluding carboxylic acids is 1. The van der Waals surface area contributed by atoms with E-state index in [2.05, 4.69) is 25.3 Å². The monoisotopic (exact) mass is 459 g/mol. The van der Waals surface area contributed by atoms with Crippen LogP contribution in [0.5, 0.6) is 11.6 Å². The number of halogens is 4. The van der Waals surface area contributed by atoms with Crippen LogP contribution in [0.3, 0.4) is 0 Å². The first-order chi connectivity index (χ1) is 15.3. The van der Waals surface area contributed by atoms with Crippen LogP contribution in [-0.4, -0.2) is 25.8 Å². The van der Waals surface area contributed by atoms with Gasteiger partial charge in [0.1, 0.15) is 12.1 Å². The molecule has 11 heteroatoms. The van der Waals surface area contributed by atoms with Gasteiger partial charge in [0.05, 0.1) is 16.9 Å². The molecule has 1 amide bonds. The van der Waals surface area contributed by atoms with Crippen LogP contribution < -0.4 is 10.1 Å². The van der Waals surface area contributed by atoms with Crippen molar-refractivity contribution in [3.63, 3.8) is 0 Å². The van der Waals surface area contributed by atoms with E-state index in [1.807, 2.05) is 0 Å². The Morgan fingerprint density at radius 3 is 2.78 bits per heavy atom. The van der Waals surface area contributed by atoms with Crippen molar-refractivity contribution in [2.45, 2.75) is 6.18 Å². The summed E-state index contributed by atoms with van der Waals surface area (Å²) in [5.41, 5.74) is 0.562. The molecule has 0 aliphatic carbocycles. The summed E-state index contributed by atoms with van der Waals surface area (Å²) in [7, 11) is 0. The fourth-order valence-electron chi connectivity index (χ4n) is 2.79. The molecule has 0 saturated carbocycles. The van der Waals surface area contributed by atoms with Gasteiger partial charge in [0.15, 0.2) is 11.2 Å². The zero-order chi connectivity index (χ0) is 22.7. The molecule has 162 valence electrons. The van der Waals surface area contributed by atoms with Crippen molar-refractivity contribution in [3.8, 4) is 11.6 Å². The Balaban J connectivity index is 1.46. The molecule has 2 aromatic heterocycles. The van der Waals surface area contributed by atoms with E-state index in [-0.39, 0.29) is 11.6 Å². The summed E-state index contributed by atoms with van der Waals surface area (Å²) in [6, 6.07) is 9.94. The van der Waals surface area contributed by atoms with Gasteiger partial charge in [-0.1, -0.05) is 23.7 Å². The van der Waals surface area contributed by atoms with Crippen molar-refractivity contribution in [1.82, 2.24) is 19.9 Å². The number of amides is 1. The predicted octanol–water partition coefficient (Wildman–Crippen LogP) is 5.47. The standard InChI is InChI=1S/C21H13ClF3N5O2/c22-16-6-5-13(9-15(16)21(23,24)25)30-17(31)7-4-12-2-1-3-14(8-12)32-20-18-19(27-10-26-18)28-11-29-20/h1-11H,(H,30,31)(H,26,27,28,29)/b7-4+. The third-order valence-corrected chi connectivity index (χ3v) is 4.55. The van der Waals surface area contributed by atoms with E-state index < -0.39 is 22.7 Å². The molecule has 32 heavy (non-hydrogen) atoms. The number of nitrogens with one attached hydrogen (secondary N) is 2. The summed E-state index contributed by atoms with van der Waals surface area (Å²) in [6.07, 6.45) is 0.872. The third-order valence-electron chi connectivity index (χ3n) is 4.22. The van der Waals surface area contributed by atoms with E-state index in [9.17, 15) is 18.0 Å². The number of rotatable bonds is 5. The highest BCUT2D eigenvalue weighted by molar-refractivity contribution is 6.31. The van der Waals surface area contributed by atoms with Crippen molar-refractivity contribution < 1.29 is 22.7 Å². The molecule has 0 aliphatic rings. The number of H-pyrrole nitrogens is 1. The van der Waals surface area contributed by atoms with Crippen LogP contribution in [0.15, 0.2) is 61.2 Å². The van der Waals surface area contributed by atoms with Crippen molar-refractivity contribution in [3.05, 3.63) is 77.3 Å². The molecule has 0 aliphatic heterocycles. The second-order valence-electron chi connectivity index (χ2n) is 6.47. The zero-order valence-corrected chi connectivity index (χ0v) is 16.8. The third kappa shape index (κ3) is 4.86. The number of carbonyl (C=O) groups is 1. The highest BCUT2D eigenvalue weighted by Gasteiger charge is 2.33. The summed E-state index contributed by atoms with van der Waals surface area (Å²) in [4.78, 5) is 27.2. The molecule has 0 fully saturated rings. The second-order valence-corrected chi connectivity index (χ2v) is 6.88. The lowest BCUT2D eigenvalue weighted by Gasteiger charge is -2.11. The number of ether oxygens (including phenoxy) is 1. The van der Waals surface area contributed by atoms with Crippen LogP contribution in [0, 0.1) is 0 Å². The maximum Gasteiger partial charge on any atom is 0.417 e. The van der Waals surface area contributed by atoms with Crippen molar-refractivity contribution in [2.75, 3.05) is 5.32 Å². The quantitative estimate of drug-likeness (QED) is 0.386. The first-order valence-corrected chi connectivity index (χ1v) is 9.45. The molecule has 0 spiro atoms. The molecule has 4 rings (SSSR count). The molecule has 0 unspecified atom stereocenters. The topological polar surface area (TPSA) is 92.8 Å². The highest BCUT2D eigenvalue weighted by atomic mass is 35.5. The van der Waals surface area contributed by atoms with Crippen LogP contribution >= 0.6 is 11.6 Å². The van der Waals surface area contributed by atoms with E-state index in [1.54, 1.807) is 24.3 Å². The molecule has 4 aromatic rings. The average molecular weight is 460 g/mol. The fraction of sp³-hybridized carbons (Fsp3) is 0.0476. The number of aromatic amines is 1. The van der Waals surface area contributed by atoms with Gasteiger partial charge in [0.2, 0.25) is 5.91 Å². The molecule has 2 N–H and O–H groups in total. The molecule has 7 nitrogen and oxygen atoms in total. The largest absolute Gasteiger partial charge is 0.437 e. The van der Waals surface area contributed by atoms with Crippen LogP contribution in [0.2, 0.25) is 5.02 Å². The Kier molecular flexibility index (Phi) is 5.78. The molecule has 0 bridgehead atoms. The number of imidazole rings is 1. The number of hydrogen-bond acceptors (Lipinski definition) is 5. The summed E-state index contributed by atoms with van der Waals surface area (Å²) < 4.78 is 44.6. The minimum atomic E-state index is -4.63. The summed E-state index contributed by atoms with van der Waals surface area (Å²) in [6.45, 7) is 0. The number of aromatic nitrogens is 4. The van der Waals surface area contributed by atoms with Crippen LogP contribution in [0.1, 0.15) is 11.1 Å². The zero-order valence-electron chi connectivity index (χ0n) is 16.0. The summed E-state index contributed by atoms with van der Waals surface area (Å²) in [5.74, 6) is 0.0993. The Bertz CT molecular complexity index is 1320. The minimum absolute atomic E-state index is 0.0276. The van der Waals surface area contributed by atoms with Gasteiger partial charge in [-0.3, -0.25) is 4.79 Å². The molecule has 0 atom stereocenters. The van der Waals surface area contributed by atoms with E-state index >= 15 is 0 Å². The van der Waals surface area contributed by atoms with Crippen LogP contribution in [-0.2, 0) is 11.0 Å². The lowest BCUT2D eigenvalue weighted by Crippen LogP contribution is -2.11. The molecule has 0 saturated heterocycles. The molecule has 2 heterocycles. The number of benzene rings is 2. The first-order valence-electron chi connectivity index (χ1n) is 9.07. The second kappa shape index (κ2) is 8.67. The molecule has 2 aromatic carbocycles. The van der Waals surface area contributed by atoms with Crippen LogP contribution in [0.25, 0.3) is 17.2 Å². The van der Waals surface area contributed by atoms with Crippen LogP contribution in [0.4, 0.5) is 18.9 Å². The van der Waals surface area contributed by atoms with Gasteiger partial charge in [-0.15, -0.1) is 0 Å². The van der Waals surface area contributed by atoms with Crippen molar-refractivity contribution in [1.29, 1.82) is 0 Å². The van der Waals surface area contributed by atoms with Gasteiger partial charge in [0, 0.05) is 11.8 Å². The SMILES string of the molecule is O=C(/C=C/c1cccc(Oc2ncnc3[nH]cnc23)c1)Nc1ccc(Cl)c(C(F)(F)F)c1. The summed E-state index contributed by atoms with van der Waals surface area (Å²) in [5, 5.41) is 1.93. The maximum absolute atomic E-state index is 13.0. The number of anilines is 1. The Morgan fingerprint density at radius 2 is 1.97 bits per heavy atom. The van der Waals surface area contributed by atoms with Gasteiger partial charge < -0.3 is 15.0 Å². The van der Waals surface area contributed by atoms with E-state index in [1.165, 1.54) is 30.9 Å². The van der Waals surface area contributed by atoms with Gasteiger partial charge >= 0.3 is 6.18 Å². The molecular formula is C21H13ClF3N5O2. The summed E-state index contributed by atoms with van der Waals surface area (Å²) >= 11 is 5.58.